The summed E-state index contributed by atoms with van der Waals surface area (Å²) in [6.45, 7) is 0. The summed E-state index contributed by atoms with van der Waals surface area (Å²) < 4.78 is 26.7. The van der Waals surface area contributed by atoms with Crippen LogP contribution < -0.4 is 0 Å². The molecule has 0 N–H and O–H groups in total. The summed E-state index contributed by atoms with van der Waals surface area (Å²) in [5.41, 5.74) is 0.985. The van der Waals surface area contributed by atoms with E-state index in [1.165, 1.54) is 0 Å². The number of alkyl halides is 1. The molecule has 2 unspecified atom stereocenters. The predicted octanol–water partition coefficient (Wildman–Crippen LogP) is 3.52. The molecule has 1 heterocycles. The second-order valence-electron chi connectivity index (χ2n) is 5.12. The fourth-order valence-electron chi connectivity index (χ4n) is 2.52. The molecule has 2 aromatic rings. The first-order chi connectivity index (χ1) is 10.6. The minimum absolute atomic E-state index is 0.226. The number of benzene rings is 2. The van der Waals surface area contributed by atoms with E-state index in [1.54, 1.807) is 30.3 Å². The quantitative estimate of drug-likeness (QED) is 0.761. The molecule has 2 aromatic carbocycles. The van der Waals surface area contributed by atoms with Crippen LogP contribution in [0.1, 0.15) is 18.1 Å². The van der Waals surface area contributed by atoms with Crippen LogP contribution in [-0.4, -0.2) is 24.3 Å². The molecular formula is C16H16BrNO3S. The van der Waals surface area contributed by atoms with Crippen molar-refractivity contribution in [2.75, 3.05) is 5.33 Å². The lowest BCUT2D eigenvalue weighted by molar-refractivity contribution is -0.0883. The van der Waals surface area contributed by atoms with Crippen molar-refractivity contribution in [3.8, 4) is 0 Å². The van der Waals surface area contributed by atoms with Gasteiger partial charge in [0.2, 0.25) is 0 Å². The number of sulfonamides is 1. The number of hydrogen-bond acceptors (Lipinski definition) is 3. The fourth-order valence-corrected chi connectivity index (χ4v) is 4.72. The molecule has 0 radical (unpaired) electrons. The van der Waals surface area contributed by atoms with Crippen LogP contribution in [0.25, 0.3) is 0 Å². The first-order valence-corrected chi connectivity index (χ1v) is 9.56. The Balaban J connectivity index is 1.90. The highest BCUT2D eigenvalue weighted by molar-refractivity contribution is 9.09. The molecule has 6 heteroatoms. The molecule has 1 fully saturated rings. The van der Waals surface area contributed by atoms with Gasteiger partial charge in [0.05, 0.1) is 10.9 Å². The van der Waals surface area contributed by atoms with Crippen molar-refractivity contribution in [2.24, 2.45) is 0 Å². The van der Waals surface area contributed by atoms with Gasteiger partial charge >= 0.3 is 0 Å². The minimum atomic E-state index is -3.66. The zero-order valence-electron chi connectivity index (χ0n) is 11.8. The number of hydrogen-bond donors (Lipinski definition) is 0. The number of nitrogens with zero attached hydrogens (tertiary/aromatic N) is 1. The summed E-state index contributed by atoms with van der Waals surface area (Å²) in [6, 6.07) is 17.8. The molecule has 1 aliphatic rings. The maximum Gasteiger partial charge on any atom is 0.265 e. The second-order valence-corrected chi connectivity index (χ2v) is 7.55. The lowest BCUT2D eigenvalue weighted by Crippen LogP contribution is -2.35. The summed E-state index contributed by atoms with van der Waals surface area (Å²) in [5.74, 6) is 0. The molecule has 2 atom stereocenters. The maximum atomic E-state index is 12.8. The van der Waals surface area contributed by atoms with E-state index >= 15 is 0 Å². The van der Waals surface area contributed by atoms with Gasteiger partial charge in [-0.15, -0.1) is 0 Å². The van der Waals surface area contributed by atoms with Crippen LogP contribution in [0.4, 0.5) is 0 Å². The number of rotatable bonds is 4. The van der Waals surface area contributed by atoms with Crippen LogP contribution in [0, 0.1) is 0 Å². The molecule has 0 aromatic heterocycles. The number of hydroxylamine groups is 1. The Labute approximate surface area is 138 Å². The molecule has 0 aliphatic carbocycles. The zero-order chi connectivity index (χ0) is 15.6. The number of halogens is 1. The van der Waals surface area contributed by atoms with Gasteiger partial charge < -0.3 is 0 Å². The van der Waals surface area contributed by atoms with Crippen molar-refractivity contribution in [1.82, 2.24) is 4.47 Å². The third-order valence-corrected chi connectivity index (χ3v) is 6.12. The second kappa shape index (κ2) is 6.50. The Morgan fingerprint density at radius 2 is 1.64 bits per heavy atom. The predicted molar refractivity (Wildman–Crippen MR) is 87.9 cm³/mol. The normalized spacial score (nSPS) is 22.8. The van der Waals surface area contributed by atoms with Crippen molar-refractivity contribution >= 4 is 26.0 Å². The van der Waals surface area contributed by atoms with E-state index < -0.39 is 10.0 Å². The summed E-state index contributed by atoms with van der Waals surface area (Å²) in [5, 5.41) is 0.530. The van der Waals surface area contributed by atoms with Gasteiger partial charge in [0.1, 0.15) is 6.10 Å². The summed E-state index contributed by atoms with van der Waals surface area (Å²) in [4.78, 5) is 6.03. The van der Waals surface area contributed by atoms with Gasteiger partial charge in [0.15, 0.2) is 0 Å². The largest absolute Gasteiger partial charge is 0.276 e. The van der Waals surface area contributed by atoms with E-state index in [0.717, 1.165) is 10.0 Å². The fraction of sp³-hybridized carbons (Fsp3) is 0.250. The Morgan fingerprint density at radius 1 is 1.05 bits per heavy atom. The van der Waals surface area contributed by atoms with Crippen molar-refractivity contribution in [3.05, 3.63) is 66.2 Å². The van der Waals surface area contributed by atoms with Crippen molar-refractivity contribution in [2.45, 2.75) is 23.5 Å². The molecular weight excluding hydrogens is 366 g/mol. The summed E-state index contributed by atoms with van der Waals surface area (Å²) in [7, 11) is -3.66. The Kier molecular flexibility index (Phi) is 4.63. The molecule has 116 valence electrons. The molecule has 1 aliphatic heterocycles. The van der Waals surface area contributed by atoms with Gasteiger partial charge in [0.25, 0.3) is 10.0 Å². The molecule has 0 bridgehead atoms. The van der Waals surface area contributed by atoms with Crippen molar-refractivity contribution < 1.29 is 13.3 Å². The van der Waals surface area contributed by atoms with E-state index in [4.69, 9.17) is 4.84 Å². The lowest BCUT2D eigenvalue weighted by atomic mass is 10.0. The Bertz CT molecular complexity index is 722. The van der Waals surface area contributed by atoms with Gasteiger partial charge in [-0.25, -0.2) is 8.42 Å². The standard InChI is InChI=1S/C16H16BrNO3S/c17-12-14-11-16(13-7-3-1-4-8-13)21-18(14)22(19,20)15-9-5-2-6-10-15/h1-10,14,16H,11-12H2. The first-order valence-electron chi connectivity index (χ1n) is 7.00. The summed E-state index contributed by atoms with van der Waals surface area (Å²) >= 11 is 3.40. The zero-order valence-corrected chi connectivity index (χ0v) is 14.2. The highest BCUT2D eigenvalue weighted by Crippen LogP contribution is 2.37. The van der Waals surface area contributed by atoms with E-state index in [0.29, 0.717) is 11.8 Å². The van der Waals surface area contributed by atoms with Gasteiger partial charge in [-0.1, -0.05) is 68.9 Å². The Morgan fingerprint density at radius 3 is 2.23 bits per heavy atom. The van der Waals surface area contributed by atoms with E-state index in [9.17, 15) is 8.42 Å². The van der Waals surface area contributed by atoms with Gasteiger partial charge in [-0.05, 0) is 24.1 Å². The highest BCUT2D eigenvalue weighted by Gasteiger charge is 2.41. The van der Waals surface area contributed by atoms with E-state index in [1.807, 2.05) is 30.3 Å². The van der Waals surface area contributed by atoms with Crippen LogP contribution in [0.5, 0.6) is 0 Å². The molecule has 0 saturated carbocycles. The molecule has 3 rings (SSSR count). The molecule has 1 saturated heterocycles. The van der Waals surface area contributed by atoms with E-state index in [2.05, 4.69) is 15.9 Å². The SMILES string of the molecule is O=S(=O)(c1ccccc1)N1OC(c2ccccc2)CC1CBr. The average molecular weight is 382 g/mol. The molecule has 22 heavy (non-hydrogen) atoms. The van der Waals surface area contributed by atoms with E-state index in [-0.39, 0.29) is 17.0 Å². The van der Waals surface area contributed by atoms with Crippen molar-refractivity contribution in [3.63, 3.8) is 0 Å². The van der Waals surface area contributed by atoms with Crippen LogP contribution in [0.2, 0.25) is 0 Å². The maximum absolute atomic E-state index is 12.8. The van der Waals surface area contributed by atoms with Gasteiger partial charge in [-0.2, -0.15) is 0 Å². The monoisotopic (exact) mass is 381 g/mol. The van der Waals surface area contributed by atoms with Gasteiger partial charge in [0, 0.05) is 5.33 Å². The minimum Gasteiger partial charge on any atom is -0.276 e. The molecule has 4 nitrogen and oxygen atoms in total. The summed E-state index contributed by atoms with van der Waals surface area (Å²) in [6.07, 6.45) is 0.378. The topological polar surface area (TPSA) is 46.6 Å². The van der Waals surface area contributed by atoms with Crippen molar-refractivity contribution in [1.29, 1.82) is 0 Å². The Hall–Kier alpha value is -1.21. The third-order valence-electron chi connectivity index (χ3n) is 3.64. The third kappa shape index (κ3) is 2.96. The average Bonchev–Trinajstić information content (AvgIpc) is 3.02. The molecule has 0 amide bonds. The van der Waals surface area contributed by atoms with Crippen LogP contribution in [-0.2, 0) is 14.9 Å². The van der Waals surface area contributed by atoms with Crippen LogP contribution in [0.15, 0.2) is 65.6 Å². The van der Waals surface area contributed by atoms with Crippen LogP contribution >= 0.6 is 15.9 Å². The lowest BCUT2D eigenvalue weighted by Gasteiger charge is -2.20. The highest BCUT2D eigenvalue weighted by atomic mass is 79.9. The molecule has 0 spiro atoms. The first kappa shape index (κ1) is 15.7. The van der Waals surface area contributed by atoms with Gasteiger partial charge in [-0.3, -0.25) is 4.84 Å². The smallest absolute Gasteiger partial charge is 0.265 e. The van der Waals surface area contributed by atoms with Crippen LogP contribution in [0.3, 0.4) is 0 Å².